The van der Waals surface area contributed by atoms with Crippen LogP contribution in [0.5, 0.6) is 0 Å². The first-order valence-electron chi connectivity index (χ1n) is 10.2. The van der Waals surface area contributed by atoms with Gasteiger partial charge in [-0.2, -0.15) is 0 Å². The Balaban J connectivity index is 1.92. The molecule has 1 spiro atoms. The third kappa shape index (κ3) is 2.06. The number of hydrogen-bond acceptors (Lipinski definition) is 3. The zero-order valence-corrected chi connectivity index (χ0v) is 16.5. The molecule has 8 unspecified atom stereocenters. The molecule has 1 amide bonds. The molecule has 3 N–H and O–H groups in total. The van der Waals surface area contributed by atoms with E-state index in [2.05, 4.69) is 45.7 Å². The molecule has 0 radical (unpaired) electrons. The van der Waals surface area contributed by atoms with Gasteiger partial charge in [0.1, 0.15) is 0 Å². The van der Waals surface area contributed by atoms with Crippen LogP contribution in [0.25, 0.3) is 0 Å². The van der Waals surface area contributed by atoms with Crippen LogP contribution in [0.15, 0.2) is 23.8 Å². The Morgan fingerprint density at radius 1 is 1.42 bits per heavy atom. The fraction of sp³-hybridized carbons (Fsp3) is 0.773. The van der Waals surface area contributed by atoms with Crippen molar-refractivity contribution in [2.24, 2.45) is 35.0 Å². The molecule has 26 heavy (non-hydrogen) atoms. The van der Waals surface area contributed by atoms with Crippen LogP contribution in [-0.2, 0) is 4.79 Å². The quantitative estimate of drug-likeness (QED) is 0.664. The molecule has 144 valence electrons. The summed E-state index contributed by atoms with van der Waals surface area (Å²) in [4.78, 5) is 13.6. The van der Waals surface area contributed by atoms with E-state index in [0.717, 1.165) is 18.4 Å². The number of aliphatic hydroxyl groups is 2. The second kappa shape index (κ2) is 5.68. The van der Waals surface area contributed by atoms with Crippen molar-refractivity contribution in [3.63, 3.8) is 0 Å². The fourth-order valence-electron chi connectivity index (χ4n) is 7.07. The van der Waals surface area contributed by atoms with E-state index in [1.165, 1.54) is 5.57 Å². The number of fused-ring (bicyclic) bond motifs is 1. The van der Waals surface area contributed by atoms with E-state index in [9.17, 15) is 15.0 Å². The molecule has 3 aliphatic carbocycles. The summed E-state index contributed by atoms with van der Waals surface area (Å²) in [5.41, 5.74) is 0.277. The summed E-state index contributed by atoms with van der Waals surface area (Å²) in [6.45, 7) is 13.0. The third-order valence-electron chi connectivity index (χ3n) is 8.00. The van der Waals surface area contributed by atoms with Crippen molar-refractivity contribution >= 4 is 5.91 Å². The molecular formula is C22H33NO3. The van der Waals surface area contributed by atoms with E-state index < -0.39 is 17.1 Å². The SMILES string of the molecule is C=C1CC2C=C(C)C(C)C3C(CC(C)C)NC(=O)C23C2(O)CC(O)CC12. The highest BCUT2D eigenvalue weighted by atomic mass is 16.3. The highest BCUT2D eigenvalue weighted by molar-refractivity contribution is 5.89. The van der Waals surface area contributed by atoms with Gasteiger partial charge < -0.3 is 15.5 Å². The molecule has 3 fully saturated rings. The lowest BCUT2D eigenvalue weighted by Gasteiger charge is -2.59. The van der Waals surface area contributed by atoms with Crippen molar-refractivity contribution in [3.05, 3.63) is 23.8 Å². The maximum atomic E-state index is 13.6. The molecule has 8 atom stereocenters. The molecule has 4 rings (SSSR count). The van der Waals surface area contributed by atoms with Crippen LogP contribution >= 0.6 is 0 Å². The normalized spacial score (nSPS) is 50.2. The first-order valence-corrected chi connectivity index (χ1v) is 10.2. The number of amides is 1. The van der Waals surface area contributed by atoms with Crippen LogP contribution in [0.4, 0.5) is 0 Å². The Bertz CT molecular complexity index is 683. The maximum Gasteiger partial charge on any atom is 0.230 e. The number of aliphatic hydroxyl groups excluding tert-OH is 1. The van der Waals surface area contributed by atoms with Gasteiger partial charge in [-0.05, 0) is 43.9 Å². The van der Waals surface area contributed by atoms with Gasteiger partial charge in [-0.1, -0.05) is 44.6 Å². The molecule has 0 aromatic heterocycles. The van der Waals surface area contributed by atoms with Crippen molar-refractivity contribution in [3.8, 4) is 0 Å². The molecule has 0 aromatic rings. The number of hydrogen-bond donors (Lipinski definition) is 3. The molecule has 4 nitrogen and oxygen atoms in total. The lowest BCUT2D eigenvalue weighted by Crippen LogP contribution is -2.66. The largest absolute Gasteiger partial charge is 0.393 e. The van der Waals surface area contributed by atoms with Gasteiger partial charge in [0.05, 0.1) is 17.1 Å². The van der Waals surface area contributed by atoms with Crippen molar-refractivity contribution < 1.29 is 15.0 Å². The van der Waals surface area contributed by atoms with Gasteiger partial charge >= 0.3 is 0 Å². The predicted molar refractivity (Wildman–Crippen MR) is 101 cm³/mol. The second-order valence-corrected chi connectivity index (χ2v) is 9.84. The summed E-state index contributed by atoms with van der Waals surface area (Å²) in [7, 11) is 0. The standard InChI is InChI=1S/C22H33NO3/c1-11(2)6-18-19-14(5)12(3)7-15-8-13(4)17-9-16(24)10-21(17,26)22(15,19)20(25)23-18/h7,11,14-19,24,26H,4,6,8-10H2,1-3,5H3,(H,23,25). The summed E-state index contributed by atoms with van der Waals surface area (Å²) < 4.78 is 0. The van der Waals surface area contributed by atoms with Gasteiger partial charge in [-0.3, -0.25) is 4.79 Å². The summed E-state index contributed by atoms with van der Waals surface area (Å²) in [6, 6.07) is 0.0810. The van der Waals surface area contributed by atoms with E-state index >= 15 is 0 Å². The average Bonchev–Trinajstić information content (AvgIpc) is 2.99. The van der Waals surface area contributed by atoms with Crippen molar-refractivity contribution in [1.82, 2.24) is 5.32 Å². The first-order chi connectivity index (χ1) is 12.1. The smallest absolute Gasteiger partial charge is 0.230 e. The minimum absolute atomic E-state index is 0.00264. The van der Waals surface area contributed by atoms with Gasteiger partial charge in [-0.15, -0.1) is 0 Å². The van der Waals surface area contributed by atoms with Crippen molar-refractivity contribution in [1.29, 1.82) is 0 Å². The molecule has 4 heteroatoms. The van der Waals surface area contributed by atoms with Gasteiger partial charge in [-0.25, -0.2) is 0 Å². The van der Waals surface area contributed by atoms with E-state index in [4.69, 9.17) is 0 Å². The minimum Gasteiger partial charge on any atom is -0.393 e. The minimum atomic E-state index is -1.20. The van der Waals surface area contributed by atoms with Crippen molar-refractivity contribution in [2.45, 2.75) is 71.1 Å². The van der Waals surface area contributed by atoms with E-state index in [0.29, 0.717) is 12.3 Å². The molecule has 0 aromatic carbocycles. The molecule has 1 aliphatic heterocycles. The van der Waals surface area contributed by atoms with Gasteiger partial charge in [0.2, 0.25) is 5.91 Å². The highest BCUT2D eigenvalue weighted by Gasteiger charge is 2.75. The molecule has 1 saturated heterocycles. The monoisotopic (exact) mass is 359 g/mol. The van der Waals surface area contributed by atoms with Crippen LogP contribution < -0.4 is 5.32 Å². The van der Waals surface area contributed by atoms with Crippen LogP contribution in [0.2, 0.25) is 0 Å². The number of allylic oxidation sites excluding steroid dienone is 2. The highest BCUT2D eigenvalue weighted by Crippen LogP contribution is 2.68. The number of carbonyl (C=O) groups is 1. The van der Waals surface area contributed by atoms with Crippen LogP contribution in [-0.4, -0.2) is 33.9 Å². The van der Waals surface area contributed by atoms with Crippen LogP contribution in [0.3, 0.4) is 0 Å². The molecule has 2 saturated carbocycles. The molecular weight excluding hydrogens is 326 g/mol. The van der Waals surface area contributed by atoms with Crippen molar-refractivity contribution in [2.75, 3.05) is 0 Å². The Kier molecular flexibility index (Phi) is 3.99. The zero-order valence-electron chi connectivity index (χ0n) is 16.5. The first kappa shape index (κ1) is 18.2. The lowest BCUT2D eigenvalue weighted by molar-refractivity contribution is -0.182. The zero-order chi connectivity index (χ0) is 19.0. The molecule has 1 heterocycles. The summed E-state index contributed by atoms with van der Waals surface area (Å²) in [6.07, 6.45) is 4.13. The summed E-state index contributed by atoms with van der Waals surface area (Å²) in [5, 5.41) is 25.7. The molecule has 4 aliphatic rings. The van der Waals surface area contributed by atoms with E-state index in [-0.39, 0.29) is 42.0 Å². The topological polar surface area (TPSA) is 69.6 Å². The van der Waals surface area contributed by atoms with Gasteiger partial charge in [0.15, 0.2) is 0 Å². The van der Waals surface area contributed by atoms with Crippen LogP contribution in [0, 0.1) is 35.0 Å². The number of nitrogens with one attached hydrogen (secondary N) is 1. The van der Waals surface area contributed by atoms with Gasteiger partial charge in [0.25, 0.3) is 0 Å². The molecule has 0 bridgehead atoms. The Hall–Kier alpha value is -1.13. The van der Waals surface area contributed by atoms with Gasteiger partial charge in [0, 0.05) is 24.3 Å². The second-order valence-electron chi connectivity index (χ2n) is 9.84. The number of carbonyl (C=O) groups excluding carboxylic acids is 1. The fourth-order valence-corrected chi connectivity index (χ4v) is 7.07. The summed E-state index contributed by atoms with van der Waals surface area (Å²) in [5.74, 6) is 0.577. The lowest BCUT2D eigenvalue weighted by atomic mass is 9.44. The third-order valence-corrected chi connectivity index (χ3v) is 8.00. The van der Waals surface area contributed by atoms with E-state index in [1.807, 2.05) is 0 Å². The number of rotatable bonds is 2. The van der Waals surface area contributed by atoms with E-state index in [1.54, 1.807) is 0 Å². The predicted octanol–water partition coefficient (Wildman–Crippen LogP) is 2.81. The summed E-state index contributed by atoms with van der Waals surface area (Å²) >= 11 is 0. The Labute approximate surface area is 156 Å². The Morgan fingerprint density at radius 2 is 2.12 bits per heavy atom. The maximum absolute atomic E-state index is 13.6. The average molecular weight is 360 g/mol. The Morgan fingerprint density at radius 3 is 2.77 bits per heavy atom. The van der Waals surface area contributed by atoms with Crippen LogP contribution in [0.1, 0.15) is 53.4 Å².